The van der Waals surface area contributed by atoms with Crippen LogP contribution in [-0.4, -0.2) is 43.5 Å². The van der Waals surface area contributed by atoms with Crippen LogP contribution in [0.1, 0.15) is 12.8 Å². The van der Waals surface area contributed by atoms with Crippen molar-refractivity contribution in [2.45, 2.75) is 23.8 Å². The van der Waals surface area contributed by atoms with Crippen LogP contribution in [0.25, 0.3) is 0 Å². The summed E-state index contributed by atoms with van der Waals surface area (Å²) >= 11 is 1.34. The Balaban J connectivity index is 1.41. The average Bonchev–Trinajstić information content (AvgIpc) is 3.34. The van der Waals surface area contributed by atoms with E-state index < -0.39 is 5.97 Å². The Kier molecular flexibility index (Phi) is 4.72. The summed E-state index contributed by atoms with van der Waals surface area (Å²) < 4.78 is 15.9. The van der Waals surface area contributed by atoms with Crippen molar-refractivity contribution in [3.8, 4) is 11.5 Å². The van der Waals surface area contributed by atoms with E-state index in [1.165, 1.54) is 11.8 Å². The van der Waals surface area contributed by atoms with Gasteiger partial charge in [-0.2, -0.15) is 0 Å². The van der Waals surface area contributed by atoms with Gasteiger partial charge in [-0.05, 0) is 31.0 Å². The number of carbonyl (C=O) groups excluding carboxylic acids is 2. The normalized spacial score (nSPS) is 16.0. The maximum atomic E-state index is 11.6. The zero-order valence-corrected chi connectivity index (χ0v) is 12.8. The van der Waals surface area contributed by atoms with Crippen LogP contribution >= 0.6 is 11.8 Å². The molecule has 2 aliphatic rings. The summed E-state index contributed by atoms with van der Waals surface area (Å²) in [5.74, 6) is 0.908. The van der Waals surface area contributed by atoms with Crippen LogP contribution in [-0.2, 0) is 14.3 Å². The number of rotatable bonds is 6. The minimum absolute atomic E-state index is 0.149. The minimum Gasteiger partial charge on any atom is -0.486 e. The second kappa shape index (κ2) is 6.91. The molecule has 0 radical (unpaired) electrons. The van der Waals surface area contributed by atoms with Crippen molar-refractivity contribution < 1.29 is 23.8 Å². The van der Waals surface area contributed by atoms with Crippen LogP contribution in [0.2, 0.25) is 0 Å². The average molecular weight is 323 g/mol. The molecule has 7 heteroatoms. The number of ether oxygens (including phenoxy) is 3. The summed E-state index contributed by atoms with van der Waals surface area (Å²) in [5, 5.41) is 2.76. The number of benzene rings is 1. The molecule has 0 atom stereocenters. The first-order valence-corrected chi connectivity index (χ1v) is 8.17. The van der Waals surface area contributed by atoms with E-state index in [0.717, 1.165) is 23.5 Å². The summed E-state index contributed by atoms with van der Waals surface area (Å²) in [6.07, 6.45) is 2.03. The molecule has 22 heavy (non-hydrogen) atoms. The van der Waals surface area contributed by atoms with Gasteiger partial charge in [0.25, 0.3) is 5.91 Å². The summed E-state index contributed by atoms with van der Waals surface area (Å²) in [6.45, 7) is 0.866. The lowest BCUT2D eigenvalue weighted by Crippen LogP contribution is -2.30. The fourth-order valence-electron chi connectivity index (χ4n) is 1.94. The summed E-state index contributed by atoms with van der Waals surface area (Å²) in [7, 11) is 0. The van der Waals surface area contributed by atoms with Gasteiger partial charge < -0.3 is 19.5 Å². The van der Waals surface area contributed by atoms with E-state index in [9.17, 15) is 9.59 Å². The zero-order valence-electron chi connectivity index (χ0n) is 12.0. The third kappa shape index (κ3) is 4.30. The summed E-state index contributed by atoms with van der Waals surface area (Å²) in [5.41, 5.74) is 0. The Morgan fingerprint density at radius 1 is 1.23 bits per heavy atom. The molecule has 3 rings (SSSR count). The molecule has 118 valence electrons. The van der Waals surface area contributed by atoms with Gasteiger partial charge in [-0.1, -0.05) is 0 Å². The van der Waals surface area contributed by atoms with Crippen LogP contribution in [0, 0.1) is 0 Å². The lowest BCUT2D eigenvalue weighted by atomic mass is 10.3. The van der Waals surface area contributed by atoms with Gasteiger partial charge in [-0.15, -0.1) is 11.8 Å². The first kappa shape index (κ1) is 15.0. The van der Waals surface area contributed by atoms with Crippen LogP contribution in [0.3, 0.4) is 0 Å². The third-order valence-electron chi connectivity index (χ3n) is 3.18. The Bertz CT molecular complexity index is 573. The highest BCUT2D eigenvalue weighted by molar-refractivity contribution is 8.00. The number of esters is 1. The van der Waals surface area contributed by atoms with Crippen molar-refractivity contribution in [3.05, 3.63) is 18.2 Å². The highest BCUT2D eigenvalue weighted by Gasteiger charge is 2.23. The van der Waals surface area contributed by atoms with E-state index in [4.69, 9.17) is 14.2 Å². The van der Waals surface area contributed by atoms with Crippen molar-refractivity contribution in [3.63, 3.8) is 0 Å². The number of carbonyl (C=O) groups is 2. The first-order valence-electron chi connectivity index (χ1n) is 7.18. The number of hydrogen-bond acceptors (Lipinski definition) is 6. The molecule has 0 unspecified atom stereocenters. The number of nitrogens with one attached hydrogen (secondary N) is 1. The SMILES string of the molecule is O=C(COC(=O)CSc1ccc2c(c1)OCCO2)NC1CC1. The predicted octanol–water partition coefficient (Wildman–Crippen LogP) is 1.37. The Morgan fingerprint density at radius 3 is 2.77 bits per heavy atom. The molecule has 0 saturated heterocycles. The molecule has 1 N–H and O–H groups in total. The lowest BCUT2D eigenvalue weighted by Gasteiger charge is -2.18. The fourth-order valence-corrected chi connectivity index (χ4v) is 2.66. The van der Waals surface area contributed by atoms with E-state index in [2.05, 4.69) is 5.32 Å². The van der Waals surface area contributed by atoms with Gasteiger partial charge in [-0.3, -0.25) is 9.59 Å². The van der Waals surface area contributed by atoms with Crippen molar-refractivity contribution in [2.24, 2.45) is 0 Å². The van der Waals surface area contributed by atoms with Crippen molar-refractivity contribution in [1.29, 1.82) is 0 Å². The van der Waals surface area contributed by atoms with E-state index in [1.54, 1.807) is 0 Å². The monoisotopic (exact) mass is 323 g/mol. The smallest absolute Gasteiger partial charge is 0.316 e. The van der Waals surface area contributed by atoms with Gasteiger partial charge in [0.1, 0.15) is 13.2 Å². The number of fused-ring (bicyclic) bond motifs is 1. The molecule has 6 nitrogen and oxygen atoms in total. The van der Waals surface area contributed by atoms with Gasteiger partial charge in [-0.25, -0.2) is 0 Å². The molecule has 1 aromatic carbocycles. The number of thioether (sulfide) groups is 1. The minimum atomic E-state index is -0.411. The van der Waals surface area contributed by atoms with Gasteiger partial charge >= 0.3 is 5.97 Å². The molecule has 0 spiro atoms. The molecule has 1 saturated carbocycles. The van der Waals surface area contributed by atoms with Crippen LogP contribution < -0.4 is 14.8 Å². The zero-order chi connectivity index (χ0) is 15.4. The number of hydrogen-bond donors (Lipinski definition) is 1. The second-order valence-electron chi connectivity index (χ2n) is 5.10. The third-order valence-corrected chi connectivity index (χ3v) is 4.14. The van der Waals surface area contributed by atoms with E-state index >= 15 is 0 Å². The van der Waals surface area contributed by atoms with Crippen LogP contribution in [0.5, 0.6) is 11.5 Å². The predicted molar refractivity (Wildman–Crippen MR) is 80.3 cm³/mol. The maximum absolute atomic E-state index is 11.6. The Hall–Kier alpha value is -1.89. The largest absolute Gasteiger partial charge is 0.486 e. The molecule has 0 bridgehead atoms. The Labute approximate surface area is 132 Å². The van der Waals surface area contributed by atoms with Crippen molar-refractivity contribution >= 4 is 23.6 Å². The van der Waals surface area contributed by atoms with Crippen molar-refractivity contribution in [1.82, 2.24) is 5.32 Å². The highest BCUT2D eigenvalue weighted by atomic mass is 32.2. The maximum Gasteiger partial charge on any atom is 0.316 e. The molecule has 1 aliphatic carbocycles. The standard InChI is InChI=1S/C15H17NO5S/c17-14(16-10-1-2-10)8-21-15(18)9-22-11-3-4-12-13(7-11)20-6-5-19-12/h3-4,7,10H,1-2,5-6,8-9H2,(H,16,17). The summed E-state index contributed by atoms with van der Waals surface area (Å²) in [4.78, 5) is 23.9. The van der Waals surface area contributed by atoms with E-state index in [-0.39, 0.29) is 24.3 Å². The Morgan fingerprint density at radius 2 is 2.00 bits per heavy atom. The van der Waals surface area contributed by atoms with Gasteiger partial charge in [0.2, 0.25) is 0 Å². The van der Waals surface area contributed by atoms with Gasteiger partial charge in [0, 0.05) is 10.9 Å². The molecule has 0 aromatic heterocycles. The molecule has 1 fully saturated rings. The van der Waals surface area contributed by atoms with E-state index in [1.807, 2.05) is 18.2 Å². The van der Waals surface area contributed by atoms with Crippen molar-refractivity contribution in [2.75, 3.05) is 25.6 Å². The molecular weight excluding hydrogens is 306 g/mol. The molecule has 1 amide bonds. The molecule has 1 heterocycles. The van der Waals surface area contributed by atoms with Crippen LogP contribution in [0.15, 0.2) is 23.1 Å². The summed E-state index contributed by atoms with van der Waals surface area (Å²) in [6, 6.07) is 5.81. The number of amides is 1. The molecular formula is C15H17NO5S. The van der Waals surface area contributed by atoms with Crippen LogP contribution in [0.4, 0.5) is 0 Å². The fraction of sp³-hybridized carbons (Fsp3) is 0.467. The molecule has 1 aliphatic heterocycles. The topological polar surface area (TPSA) is 73.9 Å². The van der Waals surface area contributed by atoms with Gasteiger partial charge in [0.05, 0.1) is 5.75 Å². The molecule has 1 aromatic rings. The highest BCUT2D eigenvalue weighted by Crippen LogP contribution is 2.34. The lowest BCUT2D eigenvalue weighted by molar-refractivity contribution is -0.145. The quantitative estimate of drug-likeness (QED) is 0.630. The van der Waals surface area contributed by atoms with E-state index in [0.29, 0.717) is 19.0 Å². The second-order valence-corrected chi connectivity index (χ2v) is 6.15. The van der Waals surface area contributed by atoms with Gasteiger partial charge in [0.15, 0.2) is 18.1 Å². The first-order chi connectivity index (χ1) is 10.7.